The SMILES string of the molecule is Cc1cnc(CNC(=O)C2CN(CC3CC3)Cc3ncn(C)c32)cn1. The molecule has 1 saturated carbocycles. The molecule has 7 heteroatoms. The quantitative estimate of drug-likeness (QED) is 0.883. The summed E-state index contributed by atoms with van der Waals surface area (Å²) in [6.07, 6.45) is 7.88. The molecule has 0 aromatic carbocycles. The number of rotatable bonds is 5. The first-order valence-electron chi connectivity index (χ1n) is 8.88. The number of nitrogens with zero attached hydrogens (tertiary/aromatic N) is 5. The van der Waals surface area contributed by atoms with E-state index in [1.54, 1.807) is 12.4 Å². The fourth-order valence-electron chi connectivity index (χ4n) is 3.50. The number of imidazole rings is 1. The van der Waals surface area contributed by atoms with Crippen molar-refractivity contribution in [3.63, 3.8) is 0 Å². The van der Waals surface area contributed by atoms with Crippen molar-refractivity contribution in [1.82, 2.24) is 29.7 Å². The zero-order valence-electron chi connectivity index (χ0n) is 14.8. The average Bonchev–Trinajstić information content (AvgIpc) is 3.34. The Kier molecular flexibility index (Phi) is 4.25. The molecule has 0 saturated heterocycles. The van der Waals surface area contributed by atoms with Crippen LogP contribution in [0.5, 0.6) is 0 Å². The van der Waals surface area contributed by atoms with Crippen LogP contribution >= 0.6 is 0 Å². The minimum absolute atomic E-state index is 0.0349. The van der Waals surface area contributed by atoms with Crippen LogP contribution in [-0.2, 0) is 24.9 Å². The second kappa shape index (κ2) is 6.55. The van der Waals surface area contributed by atoms with E-state index in [1.165, 1.54) is 12.8 Å². The number of aromatic nitrogens is 4. The van der Waals surface area contributed by atoms with E-state index in [4.69, 9.17) is 0 Å². The first-order chi connectivity index (χ1) is 12.1. The van der Waals surface area contributed by atoms with Crippen LogP contribution in [-0.4, -0.2) is 43.4 Å². The summed E-state index contributed by atoms with van der Waals surface area (Å²) >= 11 is 0. The highest BCUT2D eigenvalue weighted by Gasteiger charge is 2.35. The van der Waals surface area contributed by atoms with Crippen molar-refractivity contribution in [2.75, 3.05) is 13.1 Å². The second-order valence-electron chi connectivity index (χ2n) is 7.24. The van der Waals surface area contributed by atoms with Gasteiger partial charge in [-0.05, 0) is 25.7 Å². The third kappa shape index (κ3) is 3.56. The number of hydrogen-bond acceptors (Lipinski definition) is 5. The first kappa shape index (κ1) is 16.2. The van der Waals surface area contributed by atoms with Gasteiger partial charge >= 0.3 is 0 Å². The Balaban J connectivity index is 1.47. The third-order valence-corrected chi connectivity index (χ3v) is 5.01. The summed E-state index contributed by atoms with van der Waals surface area (Å²) in [6, 6.07) is 0. The van der Waals surface area contributed by atoms with Gasteiger partial charge in [-0.2, -0.15) is 0 Å². The van der Waals surface area contributed by atoms with E-state index in [0.717, 1.165) is 48.3 Å². The Morgan fingerprint density at radius 1 is 1.28 bits per heavy atom. The van der Waals surface area contributed by atoms with Crippen molar-refractivity contribution in [2.24, 2.45) is 13.0 Å². The fourth-order valence-corrected chi connectivity index (χ4v) is 3.50. The molecule has 2 aromatic heterocycles. The number of nitrogens with one attached hydrogen (secondary N) is 1. The van der Waals surface area contributed by atoms with Crippen LogP contribution in [0, 0.1) is 12.8 Å². The van der Waals surface area contributed by atoms with Crippen LogP contribution in [0.25, 0.3) is 0 Å². The van der Waals surface area contributed by atoms with Crippen molar-refractivity contribution < 1.29 is 4.79 Å². The van der Waals surface area contributed by atoms with Gasteiger partial charge in [0.2, 0.25) is 5.91 Å². The number of aryl methyl sites for hydroxylation is 2. The van der Waals surface area contributed by atoms with E-state index in [9.17, 15) is 4.79 Å². The number of hydrogen-bond donors (Lipinski definition) is 1. The van der Waals surface area contributed by atoms with Gasteiger partial charge in [0.05, 0.1) is 47.8 Å². The summed E-state index contributed by atoms with van der Waals surface area (Å²) in [5, 5.41) is 3.03. The molecule has 1 amide bonds. The van der Waals surface area contributed by atoms with E-state index < -0.39 is 0 Å². The predicted molar refractivity (Wildman–Crippen MR) is 92.6 cm³/mol. The van der Waals surface area contributed by atoms with Crippen LogP contribution < -0.4 is 5.32 Å². The molecule has 132 valence electrons. The summed E-state index contributed by atoms with van der Waals surface area (Å²) in [7, 11) is 1.97. The summed E-state index contributed by atoms with van der Waals surface area (Å²) in [5.74, 6) is 0.651. The molecule has 2 aromatic rings. The molecule has 1 aliphatic heterocycles. The van der Waals surface area contributed by atoms with Gasteiger partial charge in [-0.25, -0.2) is 4.98 Å². The summed E-state index contributed by atoms with van der Waals surface area (Å²) in [4.78, 5) is 28.3. The molecule has 25 heavy (non-hydrogen) atoms. The highest BCUT2D eigenvalue weighted by atomic mass is 16.1. The van der Waals surface area contributed by atoms with Crippen LogP contribution in [0.1, 0.15) is 41.5 Å². The topological polar surface area (TPSA) is 75.9 Å². The lowest BCUT2D eigenvalue weighted by molar-refractivity contribution is -0.123. The van der Waals surface area contributed by atoms with Gasteiger partial charge in [0, 0.05) is 32.9 Å². The Labute approximate surface area is 147 Å². The Morgan fingerprint density at radius 3 is 2.84 bits per heavy atom. The molecule has 0 spiro atoms. The van der Waals surface area contributed by atoms with Crippen molar-refractivity contribution in [3.05, 3.63) is 41.5 Å². The van der Waals surface area contributed by atoms with Gasteiger partial charge in [0.1, 0.15) is 0 Å². The van der Waals surface area contributed by atoms with Crippen molar-refractivity contribution >= 4 is 5.91 Å². The Morgan fingerprint density at radius 2 is 2.12 bits per heavy atom. The van der Waals surface area contributed by atoms with Gasteiger partial charge in [0.25, 0.3) is 0 Å². The van der Waals surface area contributed by atoms with Crippen molar-refractivity contribution in [3.8, 4) is 0 Å². The van der Waals surface area contributed by atoms with Gasteiger partial charge in [0.15, 0.2) is 0 Å². The average molecular weight is 340 g/mol. The van der Waals surface area contributed by atoms with E-state index in [0.29, 0.717) is 6.54 Å². The Bertz CT molecular complexity index is 764. The zero-order chi connectivity index (χ0) is 17.4. The maximum atomic E-state index is 12.9. The lowest BCUT2D eigenvalue weighted by Gasteiger charge is -2.32. The number of carbonyl (C=O) groups excluding carboxylic acids is 1. The first-order valence-corrected chi connectivity index (χ1v) is 8.88. The smallest absolute Gasteiger partial charge is 0.230 e. The molecule has 0 bridgehead atoms. The van der Waals surface area contributed by atoms with E-state index >= 15 is 0 Å². The minimum atomic E-state index is -0.187. The summed E-state index contributed by atoms with van der Waals surface area (Å²) in [6.45, 7) is 4.98. The fraction of sp³-hybridized carbons (Fsp3) is 0.556. The molecule has 0 radical (unpaired) electrons. The van der Waals surface area contributed by atoms with Gasteiger partial charge in [-0.3, -0.25) is 19.7 Å². The lowest BCUT2D eigenvalue weighted by Crippen LogP contribution is -2.42. The molecule has 2 aliphatic rings. The normalized spacial score (nSPS) is 20.3. The monoisotopic (exact) mass is 340 g/mol. The van der Waals surface area contributed by atoms with E-state index in [1.807, 2.05) is 24.9 Å². The number of amides is 1. The zero-order valence-corrected chi connectivity index (χ0v) is 14.8. The molecular formula is C18H24N6O. The maximum absolute atomic E-state index is 12.9. The summed E-state index contributed by atoms with van der Waals surface area (Å²) in [5.41, 5.74) is 3.72. The van der Waals surface area contributed by atoms with Crippen molar-refractivity contribution in [1.29, 1.82) is 0 Å². The van der Waals surface area contributed by atoms with E-state index in [-0.39, 0.29) is 11.8 Å². The second-order valence-corrected chi connectivity index (χ2v) is 7.24. The maximum Gasteiger partial charge on any atom is 0.230 e. The highest BCUT2D eigenvalue weighted by molar-refractivity contribution is 5.84. The van der Waals surface area contributed by atoms with Gasteiger partial charge in [-0.1, -0.05) is 0 Å². The van der Waals surface area contributed by atoms with Crippen LogP contribution in [0.2, 0.25) is 0 Å². The third-order valence-electron chi connectivity index (χ3n) is 5.01. The van der Waals surface area contributed by atoms with Crippen molar-refractivity contribution in [2.45, 2.75) is 38.8 Å². The predicted octanol–water partition coefficient (Wildman–Crippen LogP) is 1.14. The lowest BCUT2D eigenvalue weighted by atomic mass is 9.97. The minimum Gasteiger partial charge on any atom is -0.350 e. The van der Waals surface area contributed by atoms with Crippen LogP contribution in [0.3, 0.4) is 0 Å². The number of fused-ring (bicyclic) bond motifs is 1. The molecule has 3 heterocycles. The van der Waals surface area contributed by atoms with Gasteiger partial charge in [-0.15, -0.1) is 0 Å². The molecule has 1 atom stereocenters. The molecule has 1 fully saturated rings. The molecule has 4 rings (SSSR count). The molecule has 1 unspecified atom stereocenters. The largest absolute Gasteiger partial charge is 0.350 e. The van der Waals surface area contributed by atoms with E-state index in [2.05, 4.69) is 25.2 Å². The molecule has 1 aliphatic carbocycles. The molecule has 1 N–H and O–H groups in total. The summed E-state index contributed by atoms with van der Waals surface area (Å²) < 4.78 is 1.99. The van der Waals surface area contributed by atoms with Gasteiger partial charge < -0.3 is 9.88 Å². The highest BCUT2D eigenvalue weighted by Crippen LogP contribution is 2.34. The number of carbonyl (C=O) groups is 1. The molecule has 7 nitrogen and oxygen atoms in total. The standard InChI is InChI=1S/C18H24N6O/c1-12-5-20-14(6-19-12)7-21-18(25)15-9-24(8-13-3-4-13)10-16-17(15)23(2)11-22-16/h5-6,11,13,15H,3-4,7-10H2,1-2H3,(H,21,25). The Hall–Kier alpha value is -2.28. The van der Waals surface area contributed by atoms with Crippen LogP contribution in [0.15, 0.2) is 18.7 Å². The molecular weight excluding hydrogens is 316 g/mol. The van der Waals surface area contributed by atoms with Crippen LogP contribution in [0.4, 0.5) is 0 Å².